The van der Waals surface area contributed by atoms with E-state index in [2.05, 4.69) is 17.2 Å². The fourth-order valence-electron chi connectivity index (χ4n) is 1.75. The zero-order chi connectivity index (χ0) is 12.0. The third-order valence-corrected chi connectivity index (χ3v) is 2.40. The topological polar surface area (TPSA) is 67.2 Å². The van der Waals surface area contributed by atoms with Gasteiger partial charge in [-0.05, 0) is 13.0 Å². The first-order valence-electron chi connectivity index (χ1n) is 5.64. The quantitative estimate of drug-likeness (QED) is 0.736. The van der Waals surface area contributed by atoms with E-state index in [1.807, 2.05) is 11.5 Å². The van der Waals surface area contributed by atoms with Crippen LogP contribution in [0.2, 0.25) is 0 Å². The van der Waals surface area contributed by atoms with Gasteiger partial charge in [-0.15, -0.1) is 0 Å². The van der Waals surface area contributed by atoms with E-state index in [1.54, 1.807) is 12.5 Å². The predicted molar refractivity (Wildman–Crippen MR) is 61.2 cm³/mol. The number of nitrogens with zero attached hydrogens (tertiary/aromatic N) is 2. The van der Waals surface area contributed by atoms with E-state index in [4.69, 9.17) is 5.11 Å². The molecule has 16 heavy (non-hydrogen) atoms. The maximum Gasteiger partial charge on any atom is 0.305 e. The Morgan fingerprint density at radius 1 is 1.62 bits per heavy atom. The van der Waals surface area contributed by atoms with Crippen LogP contribution in [0.25, 0.3) is 0 Å². The van der Waals surface area contributed by atoms with Gasteiger partial charge in [0.15, 0.2) is 0 Å². The summed E-state index contributed by atoms with van der Waals surface area (Å²) in [5.74, 6) is -0.796. The summed E-state index contributed by atoms with van der Waals surface area (Å²) in [5, 5.41) is 12.0. The van der Waals surface area contributed by atoms with Crippen molar-refractivity contribution in [1.29, 1.82) is 0 Å². The number of aryl methyl sites for hydroxylation is 1. The fraction of sp³-hybridized carbons (Fsp3) is 0.636. The molecule has 0 spiro atoms. The van der Waals surface area contributed by atoms with Crippen molar-refractivity contribution in [3.8, 4) is 0 Å². The van der Waals surface area contributed by atoms with Crippen LogP contribution in [0.1, 0.15) is 38.4 Å². The largest absolute Gasteiger partial charge is 0.481 e. The first kappa shape index (κ1) is 12.7. The Hall–Kier alpha value is -1.36. The van der Waals surface area contributed by atoms with E-state index in [-0.39, 0.29) is 12.5 Å². The Bertz CT molecular complexity index is 336. The Morgan fingerprint density at radius 3 is 2.94 bits per heavy atom. The first-order chi connectivity index (χ1) is 7.69. The minimum atomic E-state index is -0.796. The highest BCUT2D eigenvalue weighted by molar-refractivity contribution is 5.67. The van der Waals surface area contributed by atoms with Crippen LogP contribution in [-0.2, 0) is 11.3 Å². The molecule has 5 nitrogen and oxygen atoms in total. The van der Waals surface area contributed by atoms with Crippen molar-refractivity contribution in [2.24, 2.45) is 0 Å². The van der Waals surface area contributed by atoms with Crippen LogP contribution in [-0.4, -0.2) is 27.2 Å². The van der Waals surface area contributed by atoms with Crippen molar-refractivity contribution in [2.45, 2.75) is 39.3 Å². The summed E-state index contributed by atoms with van der Waals surface area (Å²) in [5.41, 5.74) is 0.950. The number of carboxylic acid groups (broad SMARTS) is 1. The van der Waals surface area contributed by atoms with Gasteiger partial charge in [0.05, 0.1) is 24.5 Å². The van der Waals surface area contributed by atoms with Gasteiger partial charge in [0.25, 0.3) is 0 Å². The number of carbonyl (C=O) groups is 1. The minimum Gasteiger partial charge on any atom is -0.481 e. The molecule has 5 heteroatoms. The van der Waals surface area contributed by atoms with Crippen LogP contribution < -0.4 is 5.32 Å². The van der Waals surface area contributed by atoms with Crippen molar-refractivity contribution in [3.05, 3.63) is 18.2 Å². The van der Waals surface area contributed by atoms with Crippen LogP contribution in [0.3, 0.4) is 0 Å². The van der Waals surface area contributed by atoms with Crippen molar-refractivity contribution in [2.75, 3.05) is 6.54 Å². The molecule has 2 N–H and O–H groups in total. The number of aromatic nitrogens is 2. The Morgan fingerprint density at radius 2 is 2.38 bits per heavy atom. The van der Waals surface area contributed by atoms with Crippen molar-refractivity contribution in [1.82, 2.24) is 14.9 Å². The van der Waals surface area contributed by atoms with Crippen molar-refractivity contribution < 1.29 is 9.90 Å². The Labute approximate surface area is 95.5 Å². The monoisotopic (exact) mass is 225 g/mol. The summed E-state index contributed by atoms with van der Waals surface area (Å²) in [4.78, 5) is 14.9. The maximum absolute atomic E-state index is 10.8. The van der Waals surface area contributed by atoms with Gasteiger partial charge in [-0.1, -0.05) is 13.8 Å². The average Bonchev–Trinajstić information content (AvgIpc) is 2.65. The number of aliphatic carboxylic acids is 1. The summed E-state index contributed by atoms with van der Waals surface area (Å²) in [6.07, 6.45) is 4.59. The van der Waals surface area contributed by atoms with E-state index in [0.717, 1.165) is 25.2 Å². The molecule has 1 rings (SSSR count). The third-order valence-electron chi connectivity index (χ3n) is 2.40. The molecule has 0 aliphatic rings. The summed E-state index contributed by atoms with van der Waals surface area (Å²) in [6, 6.07) is -0.156. The van der Waals surface area contributed by atoms with Gasteiger partial charge in [-0.25, -0.2) is 4.98 Å². The normalized spacial score (nSPS) is 12.6. The zero-order valence-electron chi connectivity index (χ0n) is 9.81. The lowest BCUT2D eigenvalue weighted by Crippen LogP contribution is -2.25. The molecule has 0 aromatic carbocycles. The second-order valence-corrected chi connectivity index (χ2v) is 3.72. The molecule has 0 saturated heterocycles. The SMILES string of the molecule is CCCn1cncc1C(CC(=O)O)NCC. The number of hydrogen-bond acceptors (Lipinski definition) is 3. The number of rotatable bonds is 7. The minimum absolute atomic E-state index is 0.0866. The zero-order valence-corrected chi connectivity index (χ0v) is 9.81. The van der Waals surface area contributed by atoms with Gasteiger partial charge < -0.3 is 15.0 Å². The second-order valence-electron chi connectivity index (χ2n) is 3.72. The molecule has 1 atom stereocenters. The van der Waals surface area contributed by atoms with Crippen LogP contribution >= 0.6 is 0 Å². The average molecular weight is 225 g/mol. The molecular weight excluding hydrogens is 206 g/mol. The molecule has 1 aromatic rings. The highest BCUT2D eigenvalue weighted by Crippen LogP contribution is 2.16. The molecular formula is C11H19N3O2. The van der Waals surface area contributed by atoms with Gasteiger partial charge in [0, 0.05) is 12.7 Å². The smallest absolute Gasteiger partial charge is 0.305 e. The van der Waals surface area contributed by atoms with Crippen molar-refractivity contribution >= 4 is 5.97 Å². The fourth-order valence-corrected chi connectivity index (χ4v) is 1.75. The van der Waals surface area contributed by atoms with Gasteiger partial charge in [-0.3, -0.25) is 4.79 Å². The standard InChI is InChI=1S/C11H19N3O2/c1-3-5-14-8-12-7-10(14)9(13-4-2)6-11(15)16/h7-9,13H,3-6H2,1-2H3,(H,15,16). The molecule has 1 aromatic heterocycles. The molecule has 0 radical (unpaired) electrons. The molecule has 0 saturated carbocycles. The lowest BCUT2D eigenvalue weighted by atomic mass is 10.1. The maximum atomic E-state index is 10.8. The first-order valence-corrected chi connectivity index (χ1v) is 5.64. The predicted octanol–water partition coefficient (Wildman–Crippen LogP) is 1.42. The van der Waals surface area contributed by atoms with Crippen LogP contribution in [0, 0.1) is 0 Å². The van der Waals surface area contributed by atoms with Gasteiger partial charge in [0.2, 0.25) is 0 Å². The molecule has 0 bridgehead atoms. The molecule has 1 heterocycles. The number of nitrogens with one attached hydrogen (secondary N) is 1. The lowest BCUT2D eigenvalue weighted by Gasteiger charge is -2.17. The molecule has 0 fully saturated rings. The van der Waals surface area contributed by atoms with Gasteiger partial charge in [-0.2, -0.15) is 0 Å². The molecule has 90 valence electrons. The number of hydrogen-bond donors (Lipinski definition) is 2. The highest BCUT2D eigenvalue weighted by Gasteiger charge is 2.17. The summed E-state index contributed by atoms with van der Waals surface area (Å²) >= 11 is 0. The number of imidazole rings is 1. The second kappa shape index (κ2) is 6.27. The Kier molecular flexibility index (Phi) is 4.98. The Balaban J connectivity index is 2.82. The van der Waals surface area contributed by atoms with Gasteiger partial charge in [0.1, 0.15) is 0 Å². The number of carboxylic acids is 1. The molecule has 0 amide bonds. The van der Waals surface area contributed by atoms with Crippen LogP contribution in [0.5, 0.6) is 0 Å². The highest BCUT2D eigenvalue weighted by atomic mass is 16.4. The molecule has 0 aliphatic heterocycles. The van der Waals surface area contributed by atoms with Crippen LogP contribution in [0.4, 0.5) is 0 Å². The van der Waals surface area contributed by atoms with E-state index in [9.17, 15) is 4.79 Å². The van der Waals surface area contributed by atoms with E-state index >= 15 is 0 Å². The van der Waals surface area contributed by atoms with Crippen molar-refractivity contribution in [3.63, 3.8) is 0 Å². The molecule has 1 unspecified atom stereocenters. The van der Waals surface area contributed by atoms with E-state index in [1.165, 1.54) is 0 Å². The summed E-state index contributed by atoms with van der Waals surface area (Å²) < 4.78 is 2.01. The molecule has 0 aliphatic carbocycles. The van der Waals surface area contributed by atoms with Gasteiger partial charge >= 0.3 is 5.97 Å². The van der Waals surface area contributed by atoms with E-state index in [0.29, 0.717) is 0 Å². The van der Waals surface area contributed by atoms with E-state index < -0.39 is 5.97 Å². The summed E-state index contributed by atoms with van der Waals surface area (Å²) in [7, 11) is 0. The summed E-state index contributed by atoms with van der Waals surface area (Å²) in [6.45, 7) is 5.67. The third kappa shape index (κ3) is 3.34. The lowest BCUT2D eigenvalue weighted by molar-refractivity contribution is -0.137. The van der Waals surface area contributed by atoms with Crippen LogP contribution in [0.15, 0.2) is 12.5 Å².